The summed E-state index contributed by atoms with van der Waals surface area (Å²) in [6.45, 7) is 0.207. The van der Waals surface area contributed by atoms with Gasteiger partial charge in [0.2, 0.25) is 0 Å². The molecule has 2 N–H and O–H groups in total. The van der Waals surface area contributed by atoms with Crippen molar-refractivity contribution in [2.75, 3.05) is 12.4 Å². The lowest BCUT2D eigenvalue weighted by Crippen LogP contribution is -2.24. The number of anilines is 1. The molecule has 108 valence electrons. The van der Waals surface area contributed by atoms with Crippen LogP contribution in [0.15, 0.2) is 42.6 Å². The van der Waals surface area contributed by atoms with Gasteiger partial charge in [0.1, 0.15) is 5.82 Å². The Labute approximate surface area is 121 Å². The Bertz CT molecular complexity index is 673. The van der Waals surface area contributed by atoms with Crippen molar-refractivity contribution in [3.8, 4) is 0 Å². The van der Waals surface area contributed by atoms with Gasteiger partial charge in [-0.15, -0.1) is 0 Å². The SMILES string of the molecule is CNc1ncccc1C(=O)NCc1cccc([N+](=O)[O-])c1. The molecule has 0 aliphatic carbocycles. The molecule has 0 aliphatic heterocycles. The number of nitrogens with zero attached hydrogens (tertiary/aromatic N) is 2. The molecule has 0 fully saturated rings. The summed E-state index contributed by atoms with van der Waals surface area (Å²) in [6, 6.07) is 9.47. The second kappa shape index (κ2) is 6.47. The van der Waals surface area contributed by atoms with Crippen LogP contribution in [0, 0.1) is 10.1 Å². The fourth-order valence-electron chi connectivity index (χ4n) is 1.85. The van der Waals surface area contributed by atoms with Crippen LogP contribution in [0.2, 0.25) is 0 Å². The highest BCUT2D eigenvalue weighted by Gasteiger charge is 2.11. The molecular weight excluding hydrogens is 272 g/mol. The Balaban J connectivity index is 2.07. The van der Waals surface area contributed by atoms with E-state index in [-0.39, 0.29) is 18.1 Å². The fraction of sp³-hybridized carbons (Fsp3) is 0.143. The van der Waals surface area contributed by atoms with Crippen molar-refractivity contribution in [2.24, 2.45) is 0 Å². The summed E-state index contributed by atoms with van der Waals surface area (Å²) in [5.41, 5.74) is 1.08. The van der Waals surface area contributed by atoms with E-state index in [2.05, 4.69) is 15.6 Å². The minimum Gasteiger partial charge on any atom is -0.372 e. The van der Waals surface area contributed by atoms with Crippen LogP contribution in [0.1, 0.15) is 15.9 Å². The van der Waals surface area contributed by atoms with E-state index in [9.17, 15) is 14.9 Å². The van der Waals surface area contributed by atoms with E-state index in [1.54, 1.807) is 37.5 Å². The number of rotatable bonds is 5. The lowest BCUT2D eigenvalue weighted by molar-refractivity contribution is -0.384. The average molecular weight is 286 g/mol. The maximum Gasteiger partial charge on any atom is 0.269 e. The van der Waals surface area contributed by atoms with Crippen LogP contribution >= 0.6 is 0 Å². The number of benzene rings is 1. The van der Waals surface area contributed by atoms with E-state index in [1.165, 1.54) is 12.1 Å². The highest BCUT2D eigenvalue weighted by molar-refractivity contribution is 5.98. The first kappa shape index (κ1) is 14.4. The quantitative estimate of drug-likeness (QED) is 0.647. The number of hydrogen-bond acceptors (Lipinski definition) is 5. The number of hydrogen-bond donors (Lipinski definition) is 2. The Hall–Kier alpha value is -2.96. The van der Waals surface area contributed by atoms with Gasteiger partial charge in [0.05, 0.1) is 10.5 Å². The number of aromatic nitrogens is 1. The van der Waals surface area contributed by atoms with Crippen LogP contribution in [0.5, 0.6) is 0 Å². The molecule has 21 heavy (non-hydrogen) atoms. The van der Waals surface area contributed by atoms with Crippen molar-refractivity contribution in [2.45, 2.75) is 6.54 Å². The summed E-state index contributed by atoms with van der Waals surface area (Å²) in [6.07, 6.45) is 1.59. The van der Waals surface area contributed by atoms with E-state index >= 15 is 0 Å². The molecule has 0 aliphatic rings. The van der Waals surface area contributed by atoms with Crippen molar-refractivity contribution in [3.05, 3.63) is 63.8 Å². The third-order valence-electron chi connectivity index (χ3n) is 2.86. The molecule has 2 aromatic rings. The predicted molar refractivity (Wildman–Crippen MR) is 78.1 cm³/mol. The highest BCUT2D eigenvalue weighted by Crippen LogP contribution is 2.14. The molecule has 1 amide bonds. The number of non-ortho nitro benzene ring substituents is 1. The van der Waals surface area contributed by atoms with Gasteiger partial charge in [-0.2, -0.15) is 0 Å². The van der Waals surface area contributed by atoms with Crippen molar-refractivity contribution in [1.82, 2.24) is 10.3 Å². The Morgan fingerprint density at radius 2 is 2.14 bits per heavy atom. The largest absolute Gasteiger partial charge is 0.372 e. The van der Waals surface area contributed by atoms with E-state index in [0.717, 1.165) is 0 Å². The summed E-state index contributed by atoms with van der Waals surface area (Å²) >= 11 is 0. The van der Waals surface area contributed by atoms with Crippen LogP contribution in [-0.2, 0) is 6.54 Å². The molecule has 7 nitrogen and oxygen atoms in total. The normalized spacial score (nSPS) is 9.95. The van der Waals surface area contributed by atoms with Crippen molar-refractivity contribution >= 4 is 17.4 Å². The van der Waals surface area contributed by atoms with Crippen LogP contribution in [0.25, 0.3) is 0 Å². The topological polar surface area (TPSA) is 97.2 Å². The number of pyridine rings is 1. The first-order valence-electron chi connectivity index (χ1n) is 6.26. The number of nitro groups is 1. The number of nitrogens with one attached hydrogen (secondary N) is 2. The summed E-state index contributed by atoms with van der Waals surface area (Å²) in [4.78, 5) is 26.4. The lowest BCUT2D eigenvalue weighted by atomic mass is 10.2. The molecule has 0 saturated carbocycles. The van der Waals surface area contributed by atoms with Crippen molar-refractivity contribution in [1.29, 1.82) is 0 Å². The van der Waals surface area contributed by atoms with E-state index in [4.69, 9.17) is 0 Å². The van der Waals surface area contributed by atoms with Gasteiger partial charge in [-0.3, -0.25) is 14.9 Å². The number of nitro benzene ring substituents is 1. The molecule has 0 atom stereocenters. The van der Waals surface area contributed by atoms with Crippen molar-refractivity contribution in [3.63, 3.8) is 0 Å². The third-order valence-corrected chi connectivity index (χ3v) is 2.86. The van der Waals surface area contributed by atoms with Gasteiger partial charge < -0.3 is 10.6 Å². The standard InChI is InChI=1S/C14H14N4O3/c1-15-13-12(6-3-7-16-13)14(19)17-9-10-4-2-5-11(8-10)18(20)21/h2-8H,9H2,1H3,(H,15,16)(H,17,19). The molecule has 0 saturated heterocycles. The van der Waals surface area contributed by atoms with Gasteiger partial charge in [-0.1, -0.05) is 12.1 Å². The molecule has 0 unspecified atom stereocenters. The molecule has 7 heteroatoms. The number of carbonyl (C=O) groups is 1. The Kier molecular flexibility index (Phi) is 4.45. The van der Waals surface area contributed by atoms with Crippen molar-refractivity contribution < 1.29 is 9.72 Å². The zero-order chi connectivity index (χ0) is 15.2. The van der Waals surface area contributed by atoms with Gasteiger partial charge in [0.15, 0.2) is 0 Å². The highest BCUT2D eigenvalue weighted by atomic mass is 16.6. The summed E-state index contributed by atoms with van der Waals surface area (Å²) in [5.74, 6) is 0.188. The monoisotopic (exact) mass is 286 g/mol. The minimum absolute atomic E-state index is 0.000888. The smallest absolute Gasteiger partial charge is 0.269 e. The van der Waals surface area contributed by atoms with Crippen LogP contribution in [0.3, 0.4) is 0 Å². The van der Waals surface area contributed by atoms with Gasteiger partial charge in [-0.05, 0) is 17.7 Å². The van der Waals surface area contributed by atoms with E-state index in [0.29, 0.717) is 16.9 Å². The first-order valence-corrected chi connectivity index (χ1v) is 6.26. The number of amides is 1. The molecule has 0 radical (unpaired) electrons. The molecule has 0 bridgehead atoms. The van der Waals surface area contributed by atoms with E-state index in [1.807, 2.05) is 0 Å². The molecule has 1 aromatic carbocycles. The maximum atomic E-state index is 12.1. The van der Waals surface area contributed by atoms with Gasteiger partial charge in [0.25, 0.3) is 11.6 Å². The summed E-state index contributed by atoms with van der Waals surface area (Å²) < 4.78 is 0. The second-order valence-corrected chi connectivity index (χ2v) is 4.26. The summed E-state index contributed by atoms with van der Waals surface area (Å²) in [5, 5.41) is 16.2. The maximum absolute atomic E-state index is 12.1. The lowest BCUT2D eigenvalue weighted by Gasteiger charge is -2.08. The minimum atomic E-state index is -0.467. The van der Waals surface area contributed by atoms with Gasteiger partial charge in [-0.25, -0.2) is 4.98 Å². The zero-order valence-corrected chi connectivity index (χ0v) is 11.4. The molecule has 0 spiro atoms. The average Bonchev–Trinajstić information content (AvgIpc) is 2.52. The van der Waals surface area contributed by atoms with Gasteiger partial charge >= 0.3 is 0 Å². The fourth-order valence-corrected chi connectivity index (χ4v) is 1.85. The Morgan fingerprint density at radius 3 is 2.86 bits per heavy atom. The predicted octanol–water partition coefficient (Wildman–Crippen LogP) is 1.96. The zero-order valence-electron chi connectivity index (χ0n) is 11.4. The molecule has 2 rings (SSSR count). The van der Waals surface area contributed by atoms with Gasteiger partial charge in [0, 0.05) is 31.9 Å². The first-order chi connectivity index (χ1) is 10.1. The third kappa shape index (κ3) is 3.53. The number of carbonyl (C=O) groups excluding carboxylic acids is 1. The van der Waals surface area contributed by atoms with Crippen LogP contribution in [0.4, 0.5) is 11.5 Å². The second-order valence-electron chi connectivity index (χ2n) is 4.26. The van der Waals surface area contributed by atoms with E-state index < -0.39 is 4.92 Å². The Morgan fingerprint density at radius 1 is 1.33 bits per heavy atom. The molecule has 1 heterocycles. The van der Waals surface area contributed by atoms with Crippen LogP contribution in [-0.4, -0.2) is 22.9 Å². The molecule has 1 aromatic heterocycles. The van der Waals surface area contributed by atoms with Crippen LogP contribution < -0.4 is 10.6 Å². The molecular formula is C14H14N4O3. The summed E-state index contributed by atoms with van der Waals surface area (Å²) in [7, 11) is 1.68.